The van der Waals surface area contributed by atoms with E-state index in [9.17, 15) is 15.2 Å². The fraction of sp³-hybridized carbons (Fsp3) is 0.474. The topological polar surface area (TPSA) is 85.1 Å². The Kier molecular flexibility index (Phi) is 7.17. The Balaban J connectivity index is 1.53. The van der Waals surface area contributed by atoms with Crippen molar-refractivity contribution in [3.8, 4) is 5.75 Å². The van der Waals surface area contributed by atoms with Gasteiger partial charge in [0.05, 0.1) is 17.1 Å². The van der Waals surface area contributed by atoms with Gasteiger partial charge >= 0.3 is 0 Å². The van der Waals surface area contributed by atoms with Gasteiger partial charge in [0.2, 0.25) is 0 Å². The summed E-state index contributed by atoms with van der Waals surface area (Å²) in [6.45, 7) is 2.85. The molecule has 1 aliphatic rings. The van der Waals surface area contributed by atoms with Crippen LogP contribution in [0.25, 0.3) is 0 Å². The number of nitro benzene ring substituents is 1. The van der Waals surface area contributed by atoms with Gasteiger partial charge in [-0.15, -0.1) is 11.3 Å². The van der Waals surface area contributed by atoms with Crippen LogP contribution in [0.15, 0.2) is 41.8 Å². The molecule has 0 spiro atoms. The summed E-state index contributed by atoms with van der Waals surface area (Å²) in [4.78, 5) is 13.8. The highest BCUT2D eigenvalue weighted by Gasteiger charge is 2.22. The molecule has 1 saturated heterocycles. The standard InChI is InChI=1S/C19H24N2O5S/c22-16(14-26-17-5-1-4-15(10-17)21(23)24)11-20(12-18-6-2-8-25-18)13-19-7-3-9-27-19/h1,3-5,7,9-10,16,18,22H,2,6,8,11-14H2. The Morgan fingerprint density at radius 1 is 1.41 bits per heavy atom. The van der Waals surface area contributed by atoms with Crippen molar-refractivity contribution < 1.29 is 19.5 Å². The summed E-state index contributed by atoms with van der Waals surface area (Å²) in [5.74, 6) is 0.382. The van der Waals surface area contributed by atoms with E-state index >= 15 is 0 Å². The average molecular weight is 392 g/mol. The van der Waals surface area contributed by atoms with E-state index in [-0.39, 0.29) is 18.4 Å². The molecule has 2 atom stereocenters. The summed E-state index contributed by atoms with van der Waals surface area (Å²) in [5.41, 5.74) is -0.0281. The van der Waals surface area contributed by atoms with Crippen LogP contribution in [0.2, 0.25) is 0 Å². The van der Waals surface area contributed by atoms with Gasteiger partial charge < -0.3 is 14.6 Å². The van der Waals surface area contributed by atoms with Gasteiger partial charge in [0.15, 0.2) is 0 Å². The molecule has 146 valence electrons. The Morgan fingerprint density at radius 2 is 2.30 bits per heavy atom. The largest absolute Gasteiger partial charge is 0.491 e. The normalized spacial score (nSPS) is 17.9. The quantitative estimate of drug-likeness (QED) is 0.494. The van der Waals surface area contributed by atoms with Crippen molar-refractivity contribution in [3.63, 3.8) is 0 Å². The van der Waals surface area contributed by atoms with Crippen LogP contribution in [0, 0.1) is 10.1 Å². The number of hydrogen-bond acceptors (Lipinski definition) is 7. The maximum atomic E-state index is 10.8. The molecule has 1 aliphatic heterocycles. The summed E-state index contributed by atoms with van der Waals surface area (Å²) in [6, 6.07) is 10.1. The van der Waals surface area contributed by atoms with E-state index < -0.39 is 11.0 Å². The zero-order valence-electron chi connectivity index (χ0n) is 15.0. The van der Waals surface area contributed by atoms with Crippen LogP contribution in [0.5, 0.6) is 5.75 Å². The number of thiophene rings is 1. The molecular weight excluding hydrogens is 368 g/mol. The van der Waals surface area contributed by atoms with Gasteiger partial charge in [-0.05, 0) is 30.4 Å². The van der Waals surface area contributed by atoms with Crippen LogP contribution < -0.4 is 4.74 Å². The van der Waals surface area contributed by atoms with Gasteiger partial charge in [-0.2, -0.15) is 0 Å². The Hall–Kier alpha value is -2.00. The second-order valence-electron chi connectivity index (χ2n) is 6.63. The van der Waals surface area contributed by atoms with E-state index in [0.717, 1.165) is 32.5 Å². The molecule has 1 fully saturated rings. The fourth-order valence-corrected chi connectivity index (χ4v) is 3.88. The van der Waals surface area contributed by atoms with Crippen LogP contribution in [0.3, 0.4) is 0 Å². The van der Waals surface area contributed by atoms with Crippen LogP contribution >= 0.6 is 11.3 Å². The van der Waals surface area contributed by atoms with E-state index in [1.165, 1.54) is 17.0 Å². The highest BCUT2D eigenvalue weighted by molar-refractivity contribution is 7.09. The molecule has 2 unspecified atom stereocenters. The van der Waals surface area contributed by atoms with Crippen LogP contribution in [0.4, 0.5) is 5.69 Å². The predicted molar refractivity (Wildman–Crippen MR) is 103 cm³/mol. The number of rotatable bonds is 10. The zero-order chi connectivity index (χ0) is 19.1. The highest BCUT2D eigenvalue weighted by atomic mass is 32.1. The van der Waals surface area contributed by atoms with Crippen molar-refractivity contribution in [1.82, 2.24) is 4.90 Å². The minimum absolute atomic E-state index is 0.0281. The lowest BCUT2D eigenvalue weighted by Crippen LogP contribution is -2.39. The van der Waals surface area contributed by atoms with Gasteiger partial charge in [0.25, 0.3) is 5.69 Å². The van der Waals surface area contributed by atoms with Crippen LogP contribution in [-0.4, -0.2) is 53.4 Å². The van der Waals surface area contributed by atoms with E-state index in [2.05, 4.69) is 11.0 Å². The Morgan fingerprint density at radius 3 is 3.00 bits per heavy atom. The first-order valence-corrected chi connectivity index (χ1v) is 9.90. The summed E-state index contributed by atoms with van der Waals surface area (Å²) >= 11 is 1.69. The van der Waals surface area contributed by atoms with Crippen molar-refractivity contribution in [2.45, 2.75) is 31.6 Å². The average Bonchev–Trinajstić information content (AvgIpc) is 3.34. The molecule has 7 nitrogen and oxygen atoms in total. The zero-order valence-corrected chi connectivity index (χ0v) is 15.8. The van der Waals surface area contributed by atoms with Gasteiger partial charge in [-0.1, -0.05) is 12.1 Å². The number of benzene rings is 1. The molecule has 1 aromatic carbocycles. The third kappa shape index (κ3) is 6.28. The van der Waals surface area contributed by atoms with Crippen LogP contribution in [-0.2, 0) is 11.3 Å². The summed E-state index contributed by atoms with van der Waals surface area (Å²) < 4.78 is 11.3. The predicted octanol–water partition coefficient (Wildman–Crippen LogP) is 3.08. The lowest BCUT2D eigenvalue weighted by atomic mass is 10.2. The van der Waals surface area contributed by atoms with Crippen LogP contribution in [0.1, 0.15) is 17.7 Å². The van der Waals surface area contributed by atoms with E-state index in [4.69, 9.17) is 9.47 Å². The fourth-order valence-electron chi connectivity index (χ4n) is 3.13. The smallest absolute Gasteiger partial charge is 0.273 e. The first kappa shape index (κ1) is 19.8. The molecule has 1 aromatic heterocycles. The Labute approximate surface area is 162 Å². The highest BCUT2D eigenvalue weighted by Crippen LogP contribution is 2.20. The molecule has 1 N–H and O–H groups in total. The number of non-ortho nitro benzene ring substituents is 1. The number of ether oxygens (including phenoxy) is 2. The number of nitro groups is 1. The molecular formula is C19H24N2O5S. The van der Waals surface area contributed by atoms with Gasteiger partial charge in [0, 0.05) is 37.2 Å². The third-order valence-corrected chi connectivity index (χ3v) is 5.25. The number of hydrogen-bond donors (Lipinski definition) is 1. The molecule has 0 radical (unpaired) electrons. The lowest BCUT2D eigenvalue weighted by Gasteiger charge is -2.27. The van der Waals surface area contributed by atoms with Gasteiger partial charge in [-0.3, -0.25) is 15.0 Å². The first-order chi connectivity index (χ1) is 13.1. The number of aliphatic hydroxyl groups excluding tert-OH is 1. The maximum absolute atomic E-state index is 10.8. The van der Waals surface area contributed by atoms with Crippen molar-refractivity contribution in [3.05, 3.63) is 56.8 Å². The summed E-state index contributed by atoms with van der Waals surface area (Å²) in [6.07, 6.45) is 1.62. The SMILES string of the molecule is O=[N+]([O-])c1cccc(OCC(O)CN(Cc2cccs2)CC2CCCO2)c1. The molecule has 0 saturated carbocycles. The lowest BCUT2D eigenvalue weighted by molar-refractivity contribution is -0.384. The van der Waals surface area contributed by atoms with Crippen molar-refractivity contribution in [1.29, 1.82) is 0 Å². The Bertz CT molecular complexity index is 719. The molecule has 2 aromatic rings. The van der Waals surface area contributed by atoms with Gasteiger partial charge in [0.1, 0.15) is 18.5 Å². The second-order valence-corrected chi connectivity index (χ2v) is 7.66. The minimum Gasteiger partial charge on any atom is -0.491 e. The molecule has 27 heavy (non-hydrogen) atoms. The van der Waals surface area contributed by atoms with E-state index in [1.54, 1.807) is 23.5 Å². The number of nitrogens with zero attached hydrogens (tertiary/aromatic N) is 2. The molecule has 0 amide bonds. The molecule has 2 heterocycles. The molecule has 0 aliphatic carbocycles. The summed E-state index contributed by atoms with van der Waals surface area (Å²) in [7, 11) is 0. The molecule has 3 rings (SSSR count). The van der Waals surface area contributed by atoms with E-state index in [1.807, 2.05) is 11.4 Å². The monoisotopic (exact) mass is 392 g/mol. The maximum Gasteiger partial charge on any atom is 0.273 e. The minimum atomic E-state index is -0.703. The van der Waals surface area contributed by atoms with Crippen molar-refractivity contribution in [2.75, 3.05) is 26.3 Å². The van der Waals surface area contributed by atoms with Crippen molar-refractivity contribution in [2.24, 2.45) is 0 Å². The number of aliphatic hydroxyl groups is 1. The molecule has 0 bridgehead atoms. The third-order valence-electron chi connectivity index (χ3n) is 4.39. The first-order valence-electron chi connectivity index (χ1n) is 9.02. The van der Waals surface area contributed by atoms with Crippen molar-refractivity contribution >= 4 is 17.0 Å². The second kappa shape index (κ2) is 9.80. The summed E-state index contributed by atoms with van der Waals surface area (Å²) in [5, 5.41) is 23.3. The molecule has 8 heteroatoms. The van der Waals surface area contributed by atoms with Gasteiger partial charge in [-0.25, -0.2) is 0 Å². The van der Waals surface area contributed by atoms with E-state index in [0.29, 0.717) is 12.3 Å².